The quantitative estimate of drug-likeness (QED) is 0.449. The van der Waals surface area contributed by atoms with Crippen molar-refractivity contribution >= 4 is 23.7 Å². The van der Waals surface area contributed by atoms with E-state index < -0.39 is 42.5 Å². The van der Waals surface area contributed by atoms with Gasteiger partial charge in [0, 0.05) is 20.8 Å². The Morgan fingerprint density at radius 3 is 2.04 bits per heavy atom. The van der Waals surface area contributed by atoms with Crippen LogP contribution < -0.4 is 0 Å². The molecule has 0 aromatic heterocycles. The molecule has 26 heavy (non-hydrogen) atoms. The highest BCUT2D eigenvalue weighted by atomic mass is 16.6. The van der Waals surface area contributed by atoms with Crippen molar-refractivity contribution in [2.24, 2.45) is 0 Å². The molecule has 2 atom stereocenters. The van der Waals surface area contributed by atoms with Gasteiger partial charge in [-0.25, -0.2) is 0 Å². The SMILES string of the molecule is CC(=O)OCC(=O)[C@H](OC(C)=O)[C@H](COCc1ccccc1)OC(C)=O. The lowest BCUT2D eigenvalue weighted by Gasteiger charge is -2.25. The lowest BCUT2D eigenvalue weighted by atomic mass is 10.1. The zero-order chi connectivity index (χ0) is 19.5. The first-order valence-electron chi connectivity index (χ1n) is 7.91. The topological polar surface area (TPSA) is 105 Å². The van der Waals surface area contributed by atoms with E-state index in [4.69, 9.17) is 14.2 Å². The van der Waals surface area contributed by atoms with Crippen LogP contribution in [0, 0.1) is 0 Å². The number of ketones is 1. The summed E-state index contributed by atoms with van der Waals surface area (Å²) in [5, 5.41) is 0. The summed E-state index contributed by atoms with van der Waals surface area (Å²) in [4.78, 5) is 45.8. The van der Waals surface area contributed by atoms with Crippen LogP contribution >= 0.6 is 0 Å². The van der Waals surface area contributed by atoms with Crippen LogP contribution in [-0.2, 0) is 44.7 Å². The Labute approximate surface area is 151 Å². The lowest BCUT2D eigenvalue weighted by Crippen LogP contribution is -2.45. The van der Waals surface area contributed by atoms with Crippen LogP contribution in [-0.4, -0.2) is 49.1 Å². The molecule has 0 aliphatic heterocycles. The summed E-state index contributed by atoms with van der Waals surface area (Å²) >= 11 is 0. The summed E-state index contributed by atoms with van der Waals surface area (Å²) < 4.78 is 20.2. The summed E-state index contributed by atoms with van der Waals surface area (Å²) in [6.07, 6.45) is -2.60. The van der Waals surface area contributed by atoms with Crippen LogP contribution in [0.4, 0.5) is 0 Å². The molecule has 0 saturated carbocycles. The predicted molar refractivity (Wildman–Crippen MR) is 88.8 cm³/mol. The Balaban J connectivity index is 2.80. The molecular weight excluding hydrogens is 344 g/mol. The molecule has 0 radical (unpaired) electrons. The number of rotatable bonds is 10. The largest absolute Gasteiger partial charge is 0.458 e. The van der Waals surface area contributed by atoms with E-state index in [-0.39, 0.29) is 13.2 Å². The van der Waals surface area contributed by atoms with Crippen LogP contribution in [0.2, 0.25) is 0 Å². The van der Waals surface area contributed by atoms with Gasteiger partial charge < -0.3 is 18.9 Å². The number of benzene rings is 1. The van der Waals surface area contributed by atoms with Crippen molar-refractivity contribution in [1.29, 1.82) is 0 Å². The molecule has 142 valence electrons. The standard InChI is InChI=1S/C18H22O8/c1-12(19)24-10-16(22)18(26-14(3)21)17(25-13(2)20)11-23-9-15-7-5-4-6-8-15/h4-8,17-18H,9-11H2,1-3H3/t17-,18-/m0/s1. The van der Waals surface area contributed by atoms with Crippen LogP contribution in [0.15, 0.2) is 30.3 Å². The second-order valence-electron chi connectivity index (χ2n) is 5.43. The molecule has 1 rings (SSSR count). The molecule has 0 fully saturated rings. The van der Waals surface area contributed by atoms with E-state index in [1.165, 1.54) is 0 Å². The van der Waals surface area contributed by atoms with Crippen molar-refractivity contribution in [3.63, 3.8) is 0 Å². The molecule has 8 heteroatoms. The van der Waals surface area contributed by atoms with E-state index in [0.717, 1.165) is 26.3 Å². The second-order valence-corrected chi connectivity index (χ2v) is 5.43. The second kappa shape index (κ2) is 11.0. The number of hydrogen-bond acceptors (Lipinski definition) is 8. The molecule has 0 N–H and O–H groups in total. The smallest absolute Gasteiger partial charge is 0.303 e. The number of carbonyl (C=O) groups excluding carboxylic acids is 4. The van der Waals surface area contributed by atoms with Crippen molar-refractivity contribution in [2.45, 2.75) is 39.6 Å². The normalized spacial score (nSPS) is 12.6. The zero-order valence-electron chi connectivity index (χ0n) is 14.9. The summed E-state index contributed by atoms with van der Waals surface area (Å²) in [5.41, 5.74) is 0.879. The zero-order valence-corrected chi connectivity index (χ0v) is 14.9. The highest BCUT2D eigenvalue weighted by Gasteiger charge is 2.34. The van der Waals surface area contributed by atoms with E-state index in [2.05, 4.69) is 4.74 Å². The molecule has 8 nitrogen and oxygen atoms in total. The minimum absolute atomic E-state index is 0.182. The molecule has 0 spiro atoms. The summed E-state index contributed by atoms with van der Waals surface area (Å²) in [6.45, 7) is 2.83. The minimum atomic E-state index is -1.44. The van der Waals surface area contributed by atoms with Gasteiger partial charge in [-0.1, -0.05) is 30.3 Å². The Morgan fingerprint density at radius 1 is 0.885 bits per heavy atom. The van der Waals surface area contributed by atoms with Gasteiger partial charge in [-0.3, -0.25) is 19.2 Å². The molecule has 0 unspecified atom stereocenters. The number of ether oxygens (including phenoxy) is 4. The summed E-state index contributed by atoms with van der Waals surface area (Å²) in [7, 11) is 0. The molecule has 0 saturated heterocycles. The Morgan fingerprint density at radius 2 is 1.50 bits per heavy atom. The van der Waals surface area contributed by atoms with E-state index in [1.807, 2.05) is 30.3 Å². The Bertz CT molecular complexity index is 625. The first-order chi connectivity index (χ1) is 12.3. The molecule has 0 bridgehead atoms. The number of hydrogen-bond donors (Lipinski definition) is 0. The third kappa shape index (κ3) is 8.39. The van der Waals surface area contributed by atoms with E-state index in [0.29, 0.717) is 0 Å². The average molecular weight is 366 g/mol. The maximum Gasteiger partial charge on any atom is 0.303 e. The van der Waals surface area contributed by atoms with Gasteiger partial charge in [0.25, 0.3) is 0 Å². The third-order valence-corrected chi connectivity index (χ3v) is 3.08. The Hall–Kier alpha value is -2.74. The van der Waals surface area contributed by atoms with Gasteiger partial charge in [-0.2, -0.15) is 0 Å². The number of carbonyl (C=O) groups is 4. The van der Waals surface area contributed by atoms with Crippen LogP contribution in [0.1, 0.15) is 26.3 Å². The van der Waals surface area contributed by atoms with Crippen molar-refractivity contribution in [3.05, 3.63) is 35.9 Å². The molecule has 0 aliphatic carbocycles. The fourth-order valence-corrected chi connectivity index (χ4v) is 2.05. The summed E-state index contributed by atoms with van der Waals surface area (Å²) in [6, 6.07) is 9.22. The van der Waals surface area contributed by atoms with E-state index >= 15 is 0 Å². The third-order valence-electron chi connectivity index (χ3n) is 3.08. The van der Waals surface area contributed by atoms with Gasteiger partial charge in [-0.15, -0.1) is 0 Å². The van der Waals surface area contributed by atoms with Gasteiger partial charge >= 0.3 is 17.9 Å². The van der Waals surface area contributed by atoms with Crippen LogP contribution in [0.3, 0.4) is 0 Å². The highest BCUT2D eigenvalue weighted by molar-refractivity contribution is 5.88. The molecule has 0 aliphatic rings. The highest BCUT2D eigenvalue weighted by Crippen LogP contribution is 2.11. The van der Waals surface area contributed by atoms with Gasteiger partial charge in [0.2, 0.25) is 11.9 Å². The van der Waals surface area contributed by atoms with Crippen molar-refractivity contribution in [2.75, 3.05) is 13.2 Å². The minimum Gasteiger partial charge on any atom is -0.458 e. The summed E-state index contributed by atoms with van der Waals surface area (Å²) in [5.74, 6) is -2.80. The molecule has 1 aromatic carbocycles. The van der Waals surface area contributed by atoms with E-state index in [9.17, 15) is 19.2 Å². The van der Waals surface area contributed by atoms with Crippen molar-refractivity contribution in [3.8, 4) is 0 Å². The molecule has 0 heterocycles. The van der Waals surface area contributed by atoms with Crippen LogP contribution in [0.25, 0.3) is 0 Å². The van der Waals surface area contributed by atoms with Gasteiger partial charge in [0.1, 0.15) is 0 Å². The van der Waals surface area contributed by atoms with Crippen molar-refractivity contribution in [1.82, 2.24) is 0 Å². The Kier molecular flexibility index (Phi) is 9.00. The monoisotopic (exact) mass is 366 g/mol. The fraction of sp³-hybridized carbons (Fsp3) is 0.444. The average Bonchev–Trinajstić information content (AvgIpc) is 2.57. The van der Waals surface area contributed by atoms with Crippen molar-refractivity contribution < 1.29 is 38.1 Å². The molecule has 0 amide bonds. The number of esters is 3. The first-order valence-corrected chi connectivity index (χ1v) is 7.91. The van der Waals surface area contributed by atoms with Crippen LogP contribution in [0.5, 0.6) is 0 Å². The van der Waals surface area contributed by atoms with Gasteiger partial charge in [0.05, 0.1) is 13.2 Å². The van der Waals surface area contributed by atoms with Gasteiger partial charge in [-0.05, 0) is 5.56 Å². The predicted octanol–water partition coefficient (Wildman–Crippen LogP) is 1.20. The maximum absolute atomic E-state index is 12.2. The van der Waals surface area contributed by atoms with E-state index in [1.54, 1.807) is 0 Å². The number of Topliss-reactive ketones (excluding diaryl/α,β-unsaturated/α-hetero) is 1. The first kappa shape index (κ1) is 21.3. The molecular formula is C18H22O8. The lowest BCUT2D eigenvalue weighted by molar-refractivity contribution is -0.176. The van der Waals surface area contributed by atoms with Gasteiger partial charge in [0.15, 0.2) is 12.7 Å². The molecule has 1 aromatic rings. The fourth-order valence-electron chi connectivity index (χ4n) is 2.05. The maximum atomic E-state index is 12.2.